The summed E-state index contributed by atoms with van der Waals surface area (Å²) < 4.78 is 0. The highest BCUT2D eigenvalue weighted by Crippen LogP contribution is 1.99. The zero-order valence-corrected chi connectivity index (χ0v) is 4.23. The van der Waals surface area contributed by atoms with Crippen molar-refractivity contribution in [2.24, 2.45) is 0 Å². The molecule has 2 N–H and O–H groups in total. The van der Waals surface area contributed by atoms with Crippen molar-refractivity contribution < 1.29 is 0 Å². The van der Waals surface area contributed by atoms with Gasteiger partial charge in [-0.05, 0) is 6.07 Å². The average molecular weight is 96.1 g/mol. The quantitative estimate of drug-likeness (QED) is 0.537. The van der Waals surface area contributed by atoms with Crippen LogP contribution in [0.3, 0.4) is 0 Å². The fourth-order valence-corrected chi connectivity index (χ4v) is 0.479. The predicted molar refractivity (Wildman–Crippen MR) is 30.3 cm³/mol. The second-order valence-corrected chi connectivity index (χ2v) is 1.35. The van der Waals surface area contributed by atoms with Crippen LogP contribution in [0.1, 0.15) is 0 Å². The molecule has 1 heterocycles. The Morgan fingerprint density at radius 3 is 2.86 bits per heavy atom. The van der Waals surface area contributed by atoms with Crippen molar-refractivity contribution in [3.05, 3.63) is 18.5 Å². The minimum absolute atomic E-state index is 1.13. The van der Waals surface area contributed by atoms with E-state index in [1.165, 1.54) is 0 Å². The molecule has 1 aromatic heterocycles. The van der Waals surface area contributed by atoms with Crippen LogP contribution in [0.5, 0.6) is 0 Å². The number of H-pyrrole nitrogens is 1. The van der Waals surface area contributed by atoms with Crippen LogP contribution in [-0.2, 0) is 0 Å². The van der Waals surface area contributed by atoms with E-state index in [2.05, 4.69) is 10.3 Å². The minimum Gasteiger partial charge on any atom is -0.387 e. The molecule has 0 saturated carbocycles. The Hall–Kier alpha value is -0.920. The van der Waals surface area contributed by atoms with Gasteiger partial charge in [-0.2, -0.15) is 0 Å². The van der Waals surface area contributed by atoms with E-state index in [-0.39, 0.29) is 0 Å². The van der Waals surface area contributed by atoms with Gasteiger partial charge in [0.05, 0.1) is 5.69 Å². The molecule has 0 aliphatic heterocycles. The van der Waals surface area contributed by atoms with Crippen LogP contribution < -0.4 is 5.32 Å². The highest BCUT2D eigenvalue weighted by molar-refractivity contribution is 5.38. The molecule has 38 valence electrons. The van der Waals surface area contributed by atoms with E-state index in [1.54, 1.807) is 0 Å². The SMILES string of the molecule is CNc1cc[nH]c1. The lowest BCUT2D eigenvalue weighted by molar-refractivity contribution is 1.41. The van der Waals surface area contributed by atoms with Gasteiger partial charge in [0.25, 0.3) is 0 Å². The van der Waals surface area contributed by atoms with Gasteiger partial charge in [-0.15, -0.1) is 0 Å². The van der Waals surface area contributed by atoms with Crippen LogP contribution in [0.15, 0.2) is 18.5 Å². The molecular formula is C5H8N2. The van der Waals surface area contributed by atoms with Gasteiger partial charge in [0.15, 0.2) is 0 Å². The third-order valence-electron chi connectivity index (χ3n) is 0.887. The molecule has 2 nitrogen and oxygen atoms in total. The molecule has 0 fully saturated rings. The van der Waals surface area contributed by atoms with E-state index in [0.29, 0.717) is 0 Å². The van der Waals surface area contributed by atoms with Crippen molar-refractivity contribution in [1.82, 2.24) is 4.98 Å². The number of aromatic nitrogens is 1. The van der Waals surface area contributed by atoms with Gasteiger partial charge in [0.2, 0.25) is 0 Å². The smallest absolute Gasteiger partial charge is 0.0515 e. The summed E-state index contributed by atoms with van der Waals surface area (Å²) in [5.74, 6) is 0. The van der Waals surface area contributed by atoms with E-state index >= 15 is 0 Å². The van der Waals surface area contributed by atoms with Crippen LogP contribution in [0.25, 0.3) is 0 Å². The van der Waals surface area contributed by atoms with Crippen LogP contribution >= 0.6 is 0 Å². The Balaban J connectivity index is 2.76. The third-order valence-corrected chi connectivity index (χ3v) is 0.887. The molecule has 0 bridgehead atoms. The summed E-state index contributed by atoms with van der Waals surface area (Å²) in [7, 11) is 1.89. The number of aromatic amines is 1. The predicted octanol–water partition coefficient (Wildman–Crippen LogP) is 1.06. The Morgan fingerprint density at radius 1 is 1.71 bits per heavy atom. The summed E-state index contributed by atoms with van der Waals surface area (Å²) in [4.78, 5) is 2.92. The first-order valence-corrected chi connectivity index (χ1v) is 2.24. The van der Waals surface area contributed by atoms with E-state index in [1.807, 2.05) is 25.5 Å². The molecule has 0 aliphatic carbocycles. The lowest BCUT2D eigenvalue weighted by atomic mass is 10.5. The molecule has 0 spiro atoms. The Kier molecular flexibility index (Phi) is 1.02. The molecule has 1 rings (SSSR count). The molecule has 0 saturated heterocycles. The first kappa shape index (κ1) is 4.24. The Bertz CT molecular complexity index is 121. The van der Waals surface area contributed by atoms with Crippen molar-refractivity contribution in [1.29, 1.82) is 0 Å². The van der Waals surface area contributed by atoms with Gasteiger partial charge in [-0.1, -0.05) is 0 Å². The largest absolute Gasteiger partial charge is 0.387 e. The Morgan fingerprint density at radius 2 is 2.57 bits per heavy atom. The Labute approximate surface area is 42.6 Å². The number of nitrogens with one attached hydrogen (secondary N) is 2. The lowest BCUT2D eigenvalue weighted by Crippen LogP contribution is -1.81. The summed E-state index contributed by atoms with van der Waals surface area (Å²) in [5.41, 5.74) is 1.13. The van der Waals surface area contributed by atoms with Crippen molar-refractivity contribution in [2.75, 3.05) is 12.4 Å². The molecule has 7 heavy (non-hydrogen) atoms. The number of hydrogen-bond acceptors (Lipinski definition) is 1. The summed E-state index contributed by atoms with van der Waals surface area (Å²) in [6.45, 7) is 0. The normalized spacial score (nSPS) is 8.71. The van der Waals surface area contributed by atoms with Crippen molar-refractivity contribution >= 4 is 5.69 Å². The van der Waals surface area contributed by atoms with Crippen molar-refractivity contribution in [3.63, 3.8) is 0 Å². The molecule has 0 aromatic carbocycles. The third kappa shape index (κ3) is 0.738. The molecule has 0 aliphatic rings. The minimum atomic E-state index is 1.13. The van der Waals surface area contributed by atoms with E-state index in [9.17, 15) is 0 Å². The second kappa shape index (κ2) is 1.69. The topological polar surface area (TPSA) is 27.8 Å². The zero-order valence-electron chi connectivity index (χ0n) is 4.23. The molecule has 1 aromatic rings. The monoisotopic (exact) mass is 96.1 g/mol. The van der Waals surface area contributed by atoms with E-state index in [0.717, 1.165) is 5.69 Å². The van der Waals surface area contributed by atoms with Crippen LogP contribution in [0.4, 0.5) is 5.69 Å². The highest BCUT2D eigenvalue weighted by atomic mass is 14.8. The molecule has 0 radical (unpaired) electrons. The van der Waals surface area contributed by atoms with E-state index in [4.69, 9.17) is 0 Å². The molecule has 0 unspecified atom stereocenters. The number of hydrogen-bond donors (Lipinski definition) is 2. The van der Waals surface area contributed by atoms with Crippen LogP contribution in [0, 0.1) is 0 Å². The van der Waals surface area contributed by atoms with Gasteiger partial charge in [-0.25, -0.2) is 0 Å². The maximum Gasteiger partial charge on any atom is 0.0515 e. The maximum absolute atomic E-state index is 2.98. The molecule has 2 heteroatoms. The summed E-state index contributed by atoms with van der Waals surface area (Å²) in [5, 5.41) is 2.98. The number of anilines is 1. The molecule has 0 amide bonds. The summed E-state index contributed by atoms with van der Waals surface area (Å²) in [6, 6.07) is 1.97. The highest BCUT2D eigenvalue weighted by Gasteiger charge is 1.79. The van der Waals surface area contributed by atoms with Gasteiger partial charge in [0, 0.05) is 19.4 Å². The first-order chi connectivity index (χ1) is 3.43. The van der Waals surface area contributed by atoms with Crippen LogP contribution in [0.2, 0.25) is 0 Å². The lowest BCUT2D eigenvalue weighted by Gasteiger charge is -1.86. The average Bonchev–Trinajstić information content (AvgIpc) is 2.14. The van der Waals surface area contributed by atoms with Gasteiger partial charge in [0.1, 0.15) is 0 Å². The van der Waals surface area contributed by atoms with Gasteiger partial charge < -0.3 is 10.3 Å². The summed E-state index contributed by atoms with van der Waals surface area (Å²) >= 11 is 0. The fraction of sp³-hybridized carbons (Fsp3) is 0.200. The zero-order chi connectivity index (χ0) is 5.11. The van der Waals surface area contributed by atoms with Gasteiger partial charge >= 0.3 is 0 Å². The maximum atomic E-state index is 2.98. The van der Waals surface area contributed by atoms with Crippen molar-refractivity contribution in [2.45, 2.75) is 0 Å². The van der Waals surface area contributed by atoms with Gasteiger partial charge in [-0.3, -0.25) is 0 Å². The van der Waals surface area contributed by atoms with E-state index < -0.39 is 0 Å². The molecular weight excluding hydrogens is 88.1 g/mol. The van der Waals surface area contributed by atoms with Crippen molar-refractivity contribution in [3.8, 4) is 0 Å². The fourth-order valence-electron chi connectivity index (χ4n) is 0.479. The standard InChI is InChI=1S/C5H8N2/c1-6-5-2-3-7-4-5/h2-4,6-7H,1H3. The van der Waals surface area contributed by atoms with Crippen LogP contribution in [-0.4, -0.2) is 12.0 Å². The second-order valence-electron chi connectivity index (χ2n) is 1.35. The number of rotatable bonds is 1. The summed E-state index contributed by atoms with van der Waals surface area (Å²) in [6.07, 6.45) is 3.78. The first-order valence-electron chi connectivity index (χ1n) is 2.24. The molecule has 0 atom stereocenters.